The number of nitrogens with zero attached hydrogens (tertiary/aromatic N) is 1. The van der Waals surface area contributed by atoms with Crippen molar-refractivity contribution in [3.63, 3.8) is 0 Å². The van der Waals surface area contributed by atoms with Gasteiger partial charge in [-0.1, -0.05) is 13.0 Å². The number of fused-ring (bicyclic) bond motifs is 1. The third kappa shape index (κ3) is 2.96. The summed E-state index contributed by atoms with van der Waals surface area (Å²) in [5.41, 5.74) is 2.41. The van der Waals surface area contributed by atoms with E-state index in [-0.39, 0.29) is 0 Å². The molecule has 0 saturated heterocycles. The van der Waals surface area contributed by atoms with Crippen LogP contribution >= 0.6 is 23.6 Å². The minimum Gasteiger partial charge on any atom is -0.497 e. The van der Waals surface area contributed by atoms with Gasteiger partial charge in [0, 0.05) is 23.2 Å². The summed E-state index contributed by atoms with van der Waals surface area (Å²) in [6.45, 7) is 3.19. The van der Waals surface area contributed by atoms with Crippen molar-refractivity contribution in [2.75, 3.05) is 19.0 Å². The van der Waals surface area contributed by atoms with E-state index in [1.54, 1.807) is 7.11 Å². The lowest BCUT2D eigenvalue weighted by atomic mass is 9.98. The molecule has 1 atom stereocenters. The molecule has 5 heteroatoms. The average molecular weight is 332 g/mol. The molecule has 0 saturated carbocycles. The molecule has 3 rings (SSSR count). The molecule has 22 heavy (non-hydrogen) atoms. The smallest absolute Gasteiger partial charge is 0.173 e. The van der Waals surface area contributed by atoms with Crippen LogP contribution in [0.2, 0.25) is 0 Å². The maximum absolute atomic E-state index is 5.66. The molecule has 0 spiro atoms. The van der Waals surface area contributed by atoms with Crippen molar-refractivity contribution in [1.29, 1.82) is 0 Å². The Hall–Kier alpha value is -1.59. The number of benzene rings is 1. The second kappa shape index (κ2) is 6.67. The van der Waals surface area contributed by atoms with Crippen molar-refractivity contribution in [2.45, 2.75) is 25.8 Å². The van der Waals surface area contributed by atoms with Crippen molar-refractivity contribution < 1.29 is 4.74 Å². The quantitative estimate of drug-likeness (QED) is 0.839. The molecule has 3 nitrogen and oxygen atoms in total. The normalized spacial score (nSPS) is 17.0. The van der Waals surface area contributed by atoms with Crippen LogP contribution in [-0.2, 0) is 6.42 Å². The maximum Gasteiger partial charge on any atom is 0.173 e. The molecule has 0 amide bonds. The number of thiophene rings is 1. The zero-order chi connectivity index (χ0) is 15.5. The summed E-state index contributed by atoms with van der Waals surface area (Å²) in [6, 6.07) is 10.5. The molecule has 2 aromatic rings. The second-order valence-corrected chi connectivity index (χ2v) is 6.72. The topological polar surface area (TPSA) is 24.5 Å². The van der Waals surface area contributed by atoms with Gasteiger partial charge in [-0.05, 0) is 54.2 Å². The van der Waals surface area contributed by atoms with E-state index in [0.29, 0.717) is 6.04 Å². The minimum atomic E-state index is 0.376. The third-order valence-corrected chi connectivity index (χ3v) is 5.40. The highest BCUT2D eigenvalue weighted by molar-refractivity contribution is 7.80. The van der Waals surface area contributed by atoms with Crippen molar-refractivity contribution in [3.8, 4) is 5.75 Å². The van der Waals surface area contributed by atoms with E-state index in [1.807, 2.05) is 35.6 Å². The summed E-state index contributed by atoms with van der Waals surface area (Å²) in [5.74, 6) is 0.832. The van der Waals surface area contributed by atoms with E-state index < -0.39 is 0 Å². The van der Waals surface area contributed by atoms with Gasteiger partial charge in [-0.15, -0.1) is 11.3 Å². The number of hydrogen-bond donors (Lipinski definition) is 1. The Morgan fingerprint density at radius 3 is 3.09 bits per heavy atom. The molecule has 1 aliphatic rings. The third-order valence-electron chi connectivity index (χ3n) is 4.06. The SMILES string of the molecule is CC[C@H]1c2ccsc2CCN1C(=S)Nc1cccc(OC)c1. The highest BCUT2D eigenvalue weighted by Gasteiger charge is 2.28. The van der Waals surface area contributed by atoms with E-state index >= 15 is 0 Å². The standard InChI is InChI=1S/C17H20N2OS2/c1-3-15-14-8-10-22-16(14)7-9-19(15)17(21)18-12-5-4-6-13(11-12)20-2/h4-6,8,10-11,15H,3,7,9H2,1-2H3,(H,18,21)/t15-/m0/s1. The predicted molar refractivity (Wildman–Crippen MR) is 97.0 cm³/mol. The van der Waals surface area contributed by atoms with Crippen molar-refractivity contribution in [3.05, 3.63) is 46.2 Å². The lowest BCUT2D eigenvalue weighted by Crippen LogP contribution is -2.41. The zero-order valence-electron chi connectivity index (χ0n) is 12.8. The van der Waals surface area contributed by atoms with E-state index in [4.69, 9.17) is 17.0 Å². The van der Waals surface area contributed by atoms with Crippen LogP contribution in [0.3, 0.4) is 0 Å². The van der Waals surface area contributed by atoms with Crippen LogP contribution in [0.15, 0.2) is 35.7 Å². The largest absolute Gasteiger partial charge is 0.497 e. The molecule has 0 radical (unpaired) electrons. The highest BCUT2D eigenvalue weighted by atomic mass is 32.1. The van der Waals surface area contributed by atoms with Crippen LogP contribution < -0.4 is 10.1 Å². The number of hydrogen-bond acceptors (Lipinski definition) is 3. The molecule has 1 aliphatic heterocycles. The number of ether oxygens (including phenoxy) is 1. The van der Waals surface area contributed by atoms with Gasteiger partial charge in [-0.3, -0.25) is 0 Å². The minimum absolute atomic E-state index is 0.376. The summed E-state index contributed by atoms with van der Waals surface area (Å²) in [6.07, 6.45) is 2.13. The van der Waals surface area contributed by atoms with Gasteiger partial charge < -0.3 is 15.0 Å². The summed E-state index contributed by atoms with van der Waals surface area (Å²) >= 11 is 7.52. The fourth-order valence-electron chi connectivity index (χ4n) is 2.98. The Balaban J connectivity index is 1.77. The summed E-state index contributed by atoms with van der Waals surface area (Å²) in [4.78, 5) is 3.82. The fourth-order valence-corrected chi connectivity index (χ4v) is 4.24. The number of anilines is 1. The summed E-state index contributed by atoms with van der Waals surface area (Å²) in [7, 11) is 1.67. The van der Waals surface area contributed by atoms with E-state index in [1.165, 1.54) is 10.4 Å². The van der Waals surface area contributed by atoms with Gasteiger partial charge in [0.15, 0.2) is 5.11 Å². The summed E-state index contributed by atoms with van der Waals surface area (Å²) in [5, 5.41) is 6.33. The molecule has 2 heterocycles. The van der Waals surface area contributed by atoms with E-state index in [0.717, 1.165) is 35.9 Å². The lowest BCUT2D eigenvalue weighted by Gasteiger charge is -2.37. The van der Waals surface area contributed by atoms with Gasteiger partial charge in [0.05, 0.1) is 13.2 Å². The first-order chi connectivity index (χ1) is 10.7. The maximum atomic E-state index is 5.66. The van der Waals surface area contributed by atoms with Crippen molar-refractivity contribution in [2.24, 2.45) is 0 Å². The van der Waals surface area contributed by atoms with Crippen LogP contribution in [0.5, 0.6) is 5.75 Å². The van der Waals surface area contributed by atoms with Crippen LogP contribution in [0.1, 0.15) is 29.8 Å². The number of rotatable bonds is 3. The number of methoxy groups -OCH3 is 1. The molecule has 0 fully saturated rings. The van der Waals surface area contributed by atoms with Gasteiger partial charge in [-0.2, -0.15) is 0 Å². The monoisotopic (exact) mass is 332 g/mol. The Labute approximate surface area is 140 Å². The molecule has 116 valence electrons. The first-order valence-corrected chi connectivity index (χ1v) is 8.79. The van der Waals surface area contributed by atoms with Crippen LogP contribution in [0, 0.1) is 0 Å². The Kier molecular flexibility index (Phi) is 4.64. The molecule has 1 aromatic carbocycles. The zero-order valence-corrected chi connectivity index (χ0v) is 14.5. The Morgan fingerprint density at radius 1 is 1.45 bits per heavy atom. The first kappa shape index (κ1) is 15.3. The number of thiocarbonyl (C=S) groups is 1. The molecule has 0 bridgehead atoms. The van der Waals surface area contributed by atoms with Gasteiger partial charge >= 0.3 is 0 Å². The first-order valence-electron chi connectivity index (χ1n) is 7.51. The molecule has 0 unspecified atom stereocenters. The molecular formula is C17H20N2OS2. The predicted octanol–water partition coefficient (Wildman–Crippen LogP) is 4.46. The second-order valence-electron chi connectivity index (χ2n) is 5.33. The lowest BCUT2D eigenvalue weighted by molar-refractivity contribution is 0.298. The van der Waals surface area contributed by atoms with E-state index in [9.17, 15) is 0 Å². The molecule has 1 aromatic heterocycles. The van der Waals surface area contributed by atoms with Gasteiger partial charge in [0.2, 0.25) is 0 Å². The van der Waals surface area contributed by atoms with Gasteiger partial charge in [-0.25, -0.2) is 0 Å². The molecule has 0 aliphatic carbocycles. The Morgan fingerprint density at radius 2 is 2.32 bits per heavy atom. The van der Waals surface area contributed by atoms with Crippen molar-refractivity contribution >= 4 is 34.4 Å². The molecular weight excluding hydrogens is 312 g/mol. The molecule has 1 N–H and O–H groups in total. The summed E-state index contributed by atoms with van der Waals surface area (Å²) < 4.78 is 5.26. The van der Waals surface area contributed by atoms with Gasteiger partial charge in [0.25, 0.3) is 0 Å². The Bertz CT molecular complexity index is 668. The van der Waals surface area contributed by atoms with Crippen molar-refractivity contribution in [1.82, 2.24) is 4.90 Å². The average Bonchev–Trinajstić information content (AvgIpc) is 3.02. The van der Waals surface area contributed by atoms with Crippen LogP contribution in [-0.4, -0.2) is 23.7 Å². The number of nitrogens with one attached hydrogen (secondary N) is 1. The van der Waals surface area contributed by atoms with E-state index in [2.05, 4.69) is 28.6 Å². The fraction of sp³-hybridized carbons (Fsp3) is 0.353. The highest BCUT2D eigenvalue weighted by Crippen LogP contribution is 2.35. The van der Waals surface area contributed by atoms with Crippen LogP contribution in [0.4, 0.5) is 5.69 Å². The van der Waals surface area contributed by atoms with Gasteiger partial charge in [0.1, 0.15) is 5.75 Å². The van der Waals surface area contributed by atoms with Crippen LogP contribution in [0.25, 0.3) is 0 Å².